The summed E-state index contributed by atoms with van der Waals surface area (Å²) < 4.78 is 25.9. The smallest absolute Gasteiger partial charge is 0.273 e. The van der Waals surface area contributed by atoms with E-state index in [1.165, 1.54) is 6.34 Å². The molecule has 1 amide bonds. The summed E-state index contributed by atoms with van der Waals surface area (Å²) in [5.74, 6) is 4.78. The van der Waals surface area contributed by atoms with E-state index in [0.717, 1.165) is 34.9 Å². The lowest BCUT2D eigenvalue weighted by Gasteiger charge is -2.01. The minimum atomic E-state index is -3.67. The molecule has 128 valence electrons. The largest absolute Gasteiger partial charge is 0.350 e. The molecule has 0 spiro atoms. The van der Waals surface area contributed by atoms with Gasteiger partial charge in [-0.2, -0.15) is 13.5 Å². The van der Waals surface area contributed by atoms with E-state index in [0.29, 0.717) is 11.9 Å². The molecule has 0 unspecified atom stereocenters. The molecular weight excluding hydrogens is 332 g/mol. The van der Waals surface area contributed by atoms with Crippen molar-refractivity contribution in [1.29, 1.82) is 0 Å². The molecule has 2 aromatic rings. The van der Waals surface area contributed by atoms with E-state index >= 15 is 0 Å². The Labute approximate surface area is 139 Å². The Kier molecular flexibility index (Phi) is 5.37. The summed E-state index contributed by atoms with van der Waals surface area (Å²) in [4.78, 5) is 15.3. The monoisotopic (exact) mass is 350 g/mol. The second kappa shape index (κ2) is 7.28. The van der Waals surface area contributed by atoms with Gasteiger partial charge in [0.2, 0.25) is 0 Å². The highest BCUT2D eigenvalue weighted by atomic mass is 32.2. The molecule has 0 radical (unpaired) electrons. The number of nitrogens with one attached hydrogen (secondary N) is 2. The quantitative estimate of drug-likeness (QED) is 0.212. The number of rotatable bonds is 2. The van der Waals surface area contributed by atoms with Crippen LogP contribution in [0.25, 0.3) is 17.0 Å². The molecule has 0 bridgehead atoms. The van der Waals surface area contributed by atoms with E-state index < -0.39 is 10.1 Å². The first-order valence-corrected chi connectivity index (χ1v) is 8.91. The van der Waals surface area contributed by atoms with Crippen molar-refractivity contribution in [2.45, 2.75) is 12.8 Å². The predicted octanol–water partition coefficient (Wildman–Crippen LogP) is 1.26. The molecule has 0 atom stereocenters. The van der Waals surface area contributed by atoms with Crippen LogP contribution in [0, 0.1) is 0 Å². The number of allylic oxidation sites excluding steroid dienone is 1. The summed E-state index contributed by atoms with van der Waals surface area (Å²) in [6.07, 6.45) is 7.92. The molecule has 8 nitrogen and oxygen atoms in total. The van der Waals surface area contributed by atoms with Crippen LogP contribution in [0.4, 0.5) is 0 Å². The molecule has 0 saturated carbocycles. The van der Waals surface area contributed by atoms with Crippen LogP contribution < -0.4 is 11.2 Å². The summed E-state index contributed by atoms with van der Waals surface area (Å²) in [5, 5.41) is 6.95. The molecule has 1 aliphatic rings. The van der Waals surface area contributed by atoms with Crippen LogP contribution in [0.5, 0.6) is 0 Å². The fraction of sp³-hybridized carbons (Fsp3) is 0.200. The topological polar surface area (TPSA) is 138 Å². The fourth-order valence-electron chi connectivity index (χ4n) is 2.53. The summed E-state index contributed by atoms with van der Waals surface area (Å²) >= 11 is 0. The maximum absolute atomic E-state index is 12.1. The van der Waals surface area contributed by atoms with E-state index in [-0.39, 0.29) is 5.91 Å². The zero-order valence-corrected chi connectivity index (χ0v) is 13.8. The normalized spacial score (nSPS) is 13.4. The van der Waals surface area contributed by atoms with Crippen molar-refractivity contribution in [2.24, 2.45) is 10.9 Å². The van der Waals surface area contributed by atoms with Crippen molar-refractivity contribution in [1.82, 2.24) is 10.3 Å². The van der Waals surface area contributed by atoms with Crippen LogP contribution in [0.1, 0.15) is 28.0 Å². The molecule has 1 aromatic carbocycles. The number of amides is 1. The predicted molar refractivity (Wildman–Crippen MR) is 93.3 cm³/mol. The highest BCUT2D eigenvalue weighted by Crippen LogP contribution is 2.30. The minimum absolute atomic E-state index is 0.215. The molecule has 0 saturated heterocycles. The first-order valence-electron chi connectivity index (χ1n) is 7.06. The van der Waals surface area contributed by atoms with Crippen molar-refractivity contribution >= 4 is 39.3 Å². The number of carbonyl (C=O) groups excluding carboxylic acids is 1. The lowest BCUT2D eigenvalue weighted by atomic mass is 10.0. The fourth-order valence-corrected chi connectivity index (χ4v) is 2.53. The SMILES string of the molecule is CS(=O)(=O)O.NN=CNC(=O)c1[nH]c2cccc3c2c1CCC=C3. The van der Waals surface area contributed by atoms with E-state index in [2.05, 4.69) is 33.6 Å². The number of hydrazone groups is 1. The Morgan fingerprint density at radius 1 is 1.46 bits per heavy atom. The molecule has 1 aliphatic carbocycles. The van der Waals surface area contributed by atoms with Gasteiger partial charge in [0.25, 0.3) is 16.0 Å². The molecule has 3 rings (SSSR count). The lowest BCUT2D eigenvalue weighted by Crippen LogP contribution is -2.23. The number of carbonyl (C=O) groups is 1. The first kappa shape index (κ1) is 17.7. The van der Waals surface area contributed by atoms with Gasteiger partial charge in [0.05, 0.1) is 6.26 Å². The first-order chi connectivity index (χ1) is 11.3. The second-order valence-corrected chi connectivity index (χ2v) is 6.64. The van der Waals surface area contributed by atoms with Crippen molar-refractivity contribution in [3.05, 3.63) is 41.1 Å². The number of aromatic amines is 1. The van der Waals surface area contributed by atoms with Crippen molar-refractivity contribution < 1.29 is 17.8 Å². The lowest BCUT2D eigenvalue weighted by molar-refractivity contribution is 0.0973. The maximum atomic E-state index is 12.1. The third kappa shape index (κ3) is 4.43. The number of nitrogens with two attached hydrogens (primary N) is 1. The van der Waals surface area contributed by atoms with Crippen LogP contribution in [-0.2, 0) is 16.5 Å². The Morgan fingerprint density at radius 3 is 2.83 bits per heavy atom. The van der Waals surface area contributed by atoms with Gasteiger partial charge < -0.3 is 16.1 Å². The number of hydrogen-bond donors (Lipinski definition) is 4. The third-order valence-electron chi connectivity index (χ3n) is 3.32. The summed E-state index contributed by atoms with van der Waals surface area (Å²) in [5.41, 5.74) is 3.77. The molecule has 9 heteroatoms. The van der Waals surface area contributed by atoms with Gasteiger partial charge in [0.1, 0.15) is 12.0 Å². The summed E-state index contributed by atoms with van der Waals surface area (Å²) in [7, 11) is -3.67. The van der Waals surface area contributed by atoms with E-state index in [1.807, 2.05) is 12.1 Å². The molecular formula is C15H18N4O4S. The average Bonchev–Trinajstić information content (AvgIpc) is 2.72. The highest BCUT2D eigenvalue weighted by molar-refractivity contribution is 7.85. The van der Waals surface area contributed by atoms with Crippen LogP contribution in [-0.4, -0.2) is 36.5 Å². The van der Waals surface area contributed by atoms with Gasteiger partial charge in [-0.25, -0.2) is 0 Å². The Hall–Kier alpha value is -2.65. The zero-order valence-electron chi connectivity index (χ0n) is 13.0. The number of aromatic nitrogens is 1. The summed E-state index contributed by atoms with van der Waals surface area (Å²) in [6.45, 7) is 0. The Morgan fingerprint density at radius 2 is 2.17 bits per heavy atom. The zero-order chi connectivity index (χ0) is 17.7. The summed E-state index contributed by atoms with van der Waals surface area (Å²) in [6, 6.07) is 6.02. The van der Waals surface area contributed by atoms with Crippen LogP contribution in [0.2, 0.25) is 0 Å². The van der Waals surface area contributed by atoms with Gasteiger partial charge in [0.15, 0.2) is 0 Å². The van der Waals surface area contributed by atoms with Crippen molar-refractivity contribution in [3.63, 3.8) is 0 Å². The maximum Gasteiger partial charge on any atom is 0.273 e. The highest BCUT2D eigenvalue weighted by Gasteiger charge is 2.19. The number of benzene rings is 1. The minimum Gasteiger partial charge on any atom is -0.350 e. The second-order valence-electron chi connectivity index (χ2n) is 5.17. The van der Waals surface area contributed by atoms with Crippen molar-refractivity contribution in [2.75, 3.05) is 6.26 Å². The van der Waals surface area contributed by atoms with Gasteiger partial charge in [-0.3, -0.25) is 9.35 Å². The van der Waals surface area contributed by atoms with Gasteiger partial charge in [0, 0.05) is 10.9 Å². The molecule has 24 heavy (non-hydrogen) atoms. The molecule has 5 N–H and O–H groups in total. The average molecular weight is 350 g/mol. The third-order valence-corrected chi connectivity index (χ3v) is 3.32. The van der Waals surface area contributed by atoms with Crippen LogP contribution >= 0.6 is 0 Å². The molecule has 1 heterocycles. The Bertz CT molecular complexity index is 905. The van der Waals surface area contributed by atoms with Gasteiger partial charge in [-0.1, -0.05) is 24.3 Å². The van der Waals surface area contributed by atoms with Crippen LogP contribution in [0.3, 0.4) is 0 Å². The molecule has 0 fully saturated rings. The number of aryl methyl sites for hydroxylation is 1. The van der Waals surface area contributed by atoms with Crippen LogP contribution in [0.15, 0.2) is 29.4 Å². The van der Waals surface area contributed by atoms with Gasteiger partial charge in [-0.05, 0) is 30.0 Å². The number of nitrogens with zero attached hydrogens (tertiary/aromatic N) is 1. The number of H-pyrrole nitrogens is 1. The van der Waals surface area contributed by atoms with E-state index in [1.54, 1.807) is 0 Å². The van der Waals surface area contributed by atoms with E-state index in [9.17, 15) is 13.2 Å². The van der Waals surface area contributed by atoms with Gasteiger partial charge in [-0.15, -0.1) is 0 Å². The Balaban J connectivity index is 0.000000368. The van der Waals surface area contributed by atoms with Crippen molar-refractivity contribution in [3.8, 4) is 0 Å². The molecule has 1 aromatic heterocycles. The standard InChI is InChI=1S/C14H14N4O.CH4O3S/c15-17-8-16-14(19)13-10-6-2-1-4-9-5-3-7-11(18-13)12(9)10;1-5(2,3)4/h1,3-5,7-8,18H,2,6,15H2,(H,16,17,19);1H3,(H,2,3,4). The number of hydrogen-bond acceptors (Lipinski definition) is 5. The van der Waals surface area contributed by atoms with E-state index in [4.69, 9.17) is 10.4 Å². The van der Waals surface area contributed by atoms with Gasteiger partial charge >= 0.3 is 0 Å². The molecule has 0 aliphatic heterocycles.